The lowest BCUT2D eigenvalue weighted by Gasteiger charge is -2.33. The Hall–Kier alpha value is -0.850. The number of hydrogen-bond donors (Lipinski definition) is 0. The molecule has 1 aliphatic heterocycles. The first-order valence-electron chi connectivity index (χ1n) is 7.27. The zero-order valence-electron chi connectivity index (χ0n) is 13.7. The number of halogens is 2. The van der Waals surface area contributed by atoms with Gasteiger partial charge in [0.15, 0.2) is 0 Å². The number of nitrogens with zero attached hydrogens (tertiary/aromatic N) is 1. The Kier molecular flexibility index (Phi) is 4.76. The van der Waals surface area contributed by atoms with E-state index in [-0.39, 0.29) is 6.42 Å². The zero-order chi connectivity index (χ0) is 16.7. The molecule has 0 N–H and O–H groups in total. The van der Waals surface area contributed by atoms with Crippen molar-refractivity contribution in [3.8, 4) is 5.75 Å². The molecule has 0 amide bonds. The van der Waals surface area contributed by atoms with Gasteiger partial charge in [-0.1, -0.05) is 12.1 Å². The number of methoxy groups -OCH3 is 1. The summed E-state index contributed by atoms with van der Waals surface area (Å²) < 4.78 is 46.8. The van der Waals surface area contributed by atoms with E-state index in [2.05, 4.69) is 0 Å². The maximum atomic E-state index is 14.0. The second kappa shape index (κ2) is 5.98. The molecule has 0 bridgehead atoms. The van der Waals surface area contributed by atoms with Crippen molar-refractivity contribution in [1.82, 2.24) is 4.31 Å². The Morgan fingerprint density at radius 2 is 2.00 bits per heavy atom. The van der Waals surface area contributed by atoms with Gasteiger partial charge in [-0.05, 0) is 44.9 Å². The summed E-state index contributed by atoms with van der Waals surface area (Å²) in [5.74, 6) is -2.17. The van der Waals surface area contributed by atoms with E-state index in [0.717, 1.165) is 11.1 Å². The Morgan fingerprint density at radius 3 is 2.55 bits per heavy atom. The van der Waals surface area contributed by atoms with E-state index >= 15 is 0 Å². The SMILES string of the molecule is COc1cccc([C@@H]2CC(F)(F)CN2[S@+]([O-])C(C)(C)C)c1C. The van der Waals surface area contributed by atoms with Crippen LogP contribution in [0.3, 0.4) is 0 Å². The molecule has 0 radical (unpaired) electrons. The smallest absolute Gasteiger partial charge is 0.266 e. The molecule has 0 spiro atoms. The minimum Gasteiger partial charge on any atom is -0.597 e. The normalized spacial score (nSPS) is 23.5. The molecule has 1 heterocycles. The van der Waals surface area contributed by atoms with Crippen molar-refractivity contribution in [2.24, 2.45) is 0 Å². The molecule has 0 saturated carbocycles. The summed E-state index contributed by atoms with van der Waals surface area (Å²) in [5, 5.41) is 0. The molecule has 3 nitrogen and oxygen atoms in total. The molecule has 124 valence electrons. The lowest BCUT2D eigenvalue weighted by Crippen LogP contribution is -2.43. The molecule has 0 aromatic heterocycles. The van der Waals surface area contributed by atoms with E-state index in [1.807, 2.05) is 13.0 Å². The molecular weight excluding hydrogens is 308 g/mol. The highest BCUT2D eigenvalue weighted by Gasteiger charge is 2.53. The number of benzene rings is 1. The maximum Gasteiger partial charge on any atom is 0.266 e. The van der Waals surface area contributed by atoms with Gasteiger partial charge in [0.1, 0.15) is 17.0 Å². The van der Waals surface area contributed by atoms with Crippen LogP contribution in [0.4, 0.5) is 8.78 Å². The fourth-order valence-electron chi connectivity index (χ4n) is 2.79. The van der Waals surface area contributed by atoms with Crippen LogP contribution in [-0.4, -0.2) is 33.2 Å². The van der Waals surface area contributed by atoms with Crippen LogP contribution in [0.2, 0.25) is 0 Å². The summed E-state index contributed by atoms with van der Waals surface area (Å²) >= 11 is -1.49. The van der Waals surface area contributed by atoms with Crippen molar-refractivity contribution in [2.45, 2.75) is 50.8 Å². The molecule has 2 rings (SSSR count). The third kappa shape index (κ3) is 3.39. The number of alkyl halides is 2. The molecule has 1 aromatic rings. The molecule has 0 unspecified atom stereocenters. The zero-order valence-corrected chi connectivity index (χ0v) is 14.5. The van der Waals surface area contributed by atoms with Crippen molar-refractivity contribution in [3.63, 3.8) is 0 Å². The first kappa shape index (κ1) is 17.5. The highest BCUT2D eigenvalue weighted by atomic mass is 32.2. The van der Waals surface area contributed by atoms with Crippen LogP contribution in [-0.2, 0) is 11.4 Å². The van der Waals surface area contributed by atoms with Crippen LogP contribution >= 0.6 is 0 Å². The van der Waals surface area contributed by atoms with Gasteiger partial charge in [0.05, 0.1) is 13.2 Å². The Balaban J connectivity index is 2.43. The first-order chi connectivity index (χ1) is 10.1. The number of hydrogen-bond acceptors (Lipinski definition) is 3. The van der Waals surface area contributed by atoms with Crippen molar-refractivity contribution in [1.29, 1.82) is 0 Å². The second-order valence-corrected chi connectivity index (χ2v) is 8.88. The first-order valence-corrected chi connectivity index (χ1v) is 8.37. The topological polar surface area (TPSA) is 35.5 Å². The minimum absolute atomic E-state index is 0.317. The number of rotatable bonds is 3. The van der Waals surface area contributed by atoms with E-state index < -0.39 is 34.6 Å². The number of ether oxygens (including phenoxy) is 1. The molecule has 1 saturated heterocycles. The van der Waals surface area contributed by atoms with Gasteiger partial charge in [-0.3, -0.25) is 0 Å². The molecule has 22 heavy (non-hydrogen) atoms. The quantitative estimate of drug-likeness (QED) is 0.789. The molecule has 6 heteroatoms. The predicted octanol–water partition coefficient (Wildman–Crippen LogP) is 3.85. The largest absolute Gasteiger partial charge is 0.597 e. The fraction of sp³-hybridized carbons (Fsp3) is 0.625. The van der Waals surface area contributed by atoms with Crippen LogP contribution in [0.1, 0.15) is 44.4 Å². The molecular formula is C16H23F2NO2S. The third-order valence-electron chi connectivity index (χ3n) is 3.87. The van der Waals surface area contributed by atoms with Gasteiger partial charge >= 0.3 is 0 Å². The summed E-state index contributed by atoms with van der Waals surface area (Å²) in [5.41, 5.74) is 1.58. The van der Waals surface area contributed by atoms with Gasteiger partial charge < -0.3 is 9.29 Å². The van der Waals surface area contributed by atoms with E-state index in [9.17, 15) is 13.3 Å². The van der Waals surface area contributed by atoms with Crippen LogP contribution in [0.5, 0.6) is 5.75 Å². The molecule has 2 atom stereocenters. The average Bonchev–Trinajstić information content (AvgIpc) is 2.72. The van der Waals surface area contributed by atoms with Crippen molar-refractivity contribution in [2.75, 3.05) is 13.7 Å². The Labute approximate surface area is 134 Å². The summed E-state index contributed by atoms with van der Waals surface area (Å²) in [4.78, 5) is 0. The lowest BCUT2D eigenvalue weighted by molar-refractivity contribution is 0.0170. The summed E-state index contributed by atoms with van der Waals surface area (Å²) in [7, 11) is 1.56. The molecule has 1 aromatic carbocycles. The van der Waals surface area contributed by atoms with Crippen molar-refractivity contribution < 1.29 is 18.1 Å². The van der Waals surface area contributed by atoms with Gasteiger partial charge in [0, 0.05) is 17.8 Å². The second-order valence-electron chi connectivity index (χ2n) is 6.69. The Morgan fingerprint density at radius 1 is 1.36 bits per heavy atom. The summed E-state index contributed by atoms with van der Waals surface area (Å²) in [6.45, 7) is 6.78. The molecule has 1 fully saturated rings. The lowest BCUT2D eigenvalue weighted by atomic mass is 9.98. The van der Waals surface area contributed by atoms with E-state index in [4.69, 9.17) is 4.74 Å². The maximum absolute atomic E-state index is 14.0. The van der Waals surface area contributed by atoms with Gasteiger partial charge in [0.25, 0.3) is 5.92 Å². The Bertz CT molecular complexity index is 545. The van der Waals surface area contributed by atoms with Gasteiger partial charge in [-0.15, -0.1) is 4.31 Å². The van der Waals surface area contributed by atoms with Crippen molar-refractivity contribution in [3.05, 3.63) is 29.3 Å². The minimum atomic E-state index is -2.83. The standard InChI is InChI=1S/C16H23F2NO2S/c1-11-12(7-6-8-14(11)21-5)13-9-16(17,18)10-19(13)22(20)15(2,3)4/h6-8,13H,9-10H2,1-5H3/t13-,22+/m0/s1. The highest BCUT2D eigenvalue weighted by molar-refractivity contribution is 7.90. The van der Waals surface area contributed by atoms with Gasteiger partial charge in [-0.2, -0.15) is 0 Å². The summed E-state index contributed by atoms with van der Waals surface area (Å²) in [6, 6.07) is 4.84. The van der Waals surface area contributed by atoms with Gasteiger partial charge in [0.2, 0.25) is 0 Å². The fourth-order valence-corrected chi connectivity index (χ4v) is 4.22. The average molecular weight is 331 g/mol. The molecule has 1 aliphatic rings. The highest BCUT2D eigenvalue weighted by Crippen LogP contribution is 2.46. The predicted molar refractivity (Wildman–Crippen MR) is 84.6 cm³/mol. The monoisotopic (exact) mass is 331 g/mol. The van der Waals surface area contributed by atoms with E-state index in [0.29, 0.717) is 5.75 Å². The van der Waals surface area contributed by atoms with Gasteiger partial charge in [-0.25, -0.2) is 8.78 Å². The van der Waals surface area contributed by atoms with Crippen LogP contribution in [0.15, 0.2) is 18.2 Å². The third-order valence-corrected chi connectivity index (χ3v) is 5.73. The van der Waals surface area contributed by atoms with Crippen molar-refractivity contribution >= 4 is 11.4 Å². The van der Waals surface area contributed by atoms with Crippen LogP contribution in [0, 0.1) is 6.92 Å². The molecule has 0 aliphatic carbocycles. The van der Waals surface area contributed by atoms with E-state index in [1.54, 1.807) is 40.0 Å². The van der Waals surface area contributed by atoms with Crippen LogP contribution in [0.25, 0.3) is 0 Å². The van der Waals surface area contributed by atoms with Crippen LogP contribution < -0.4 is 4.74 Å². The summed E-state index contributed by atoms with van der Waals surface area (Å²) in [6.07, 6.45) is -0.317. The van der Waals surface area contributed by atoms with E-state index in [1.165, 1.54) is 4.31 Å².